The lowest BCUT2D eigenvalue weighted by Gasteiger charge is -2.03. The van der Waals surface area contributed by atoms with Gasteiger partial charge in [-0.2, -0.15) is 5.26 Å². The fourth-order valence-corrected chi connectivity index (χ4v) is 2.31. The topological polar surface area (TPSA) is 52.9 Å². The number of thiophene rings is 1. The molecule has 2 rings (SSSR count). The quantitative estimate of drug-likeness (QED) is 0.918. The number of hydrogen-bond donors (Lipinski definition) is 1. The molecule has 1 N–H and O–H groups in total. The van der Waals surface area contributed by atoms with Crippen molar-refractivity contribution in [2.24, 2.45) is 0 Å². The van der Waals surface area contributed by atoms with Crippen LogP contribution >= 0.6 is 11.3 Å². The highest BCUT2D eigenvalue weighted by molar-refractivity contribution is 7.13. The van der Waals surface area contributed by atoms with Crippen molar-refractivity contribution in [3.8, 4) is 6.07 Å². The summed E-state index contributed by atoms with van der Waals surface area (Å²) in [4.78, 5) is 13.6. The molecule has 0 unspecified atom stereocenters. The molecule has 18 heavy (non-hydrogen) atoms. The number of aryl methyl sites for hydroxylation is 1. The molecular formula is C14H12N2OS. The predicted molar refractivity (Wildman–Crippen MR) is 71.4 cm³/mol. The van der Waals surface area contributed by atoms with E-state index in [0.717, 1.165) is 15.3 Å². The number of nitrogens with zero attached hydrogens (tertiary/aromatic N) is 1. The lowest BCUT2D eigenvalue weighted by atomic mass is 10.1. The average molecular weight is 256 g/mol. The smallest absolute Gasteiger partial charge is 0.261 e. The standard InChI is InChI=1S/C14H12N2OS/c1-10-2-7-13(18-10)14(17)16-9-12-5-3-11(8-15)4-6-12/h2-7H,9H2,1H3,(H,16,17). The molecule has 0 saturated carbocycles. The maximum atomic E-state index is 11.8. The zero-order valence-electron chi connectivity index (χ0n) is 9.93. The highest BCUT2D eigenvalue weighted by Crippen LogP contribution is 2.14. The van der Waals surface area contributed by atoms with Crippen LogP contribution in [-0.2, 0) is 6.54 Å². The third kappa shape index (κ3) is 2.96. The minimum atomic E-state index is -0.0579. The average Bonchev–Trinajstić information content (AvgIpc) is 2.83. The number of nitrogens with one attached hydrogen (secondary N) is 1. The molecule has 1 heterocycles. The van der Waals surface area contributed by atoms with Crippen LogP contribution in [0.5, 0.6) is 0 Å². The van der Waals surface area contributed by atoms with Crippen molar-refractivity contribution in [2.45, 2.75) is 13.5 Å². The van der Waals surface area contributed by atoms with E-state index in [4.69, 9.17) is 5.26 Å². The van der Waals surface area contributed by atoms with Crippen molar-refractivity contribution < 1.29 is 4.79 Å². The summed E-state index contributed by atoms with van der Waals surface area (Å²) in [7, 11) is 0. The summed E-state index contributed by atoms with van der Waals surface area (Å²) in [6.45, 7) is 2.45. The minimum absolute atomic E-state index is 0.0579. The second-order valence-corrected chi connectivity index (χ2v) is 5.19. The van der Waals surface area contributed by atoms with Crippen molar-refractivity contribution in [3.05, 3.63) is 57.3 Å². The van der Waals surface area contributed by atoms with Gasteiger partial charge in [-0.1, -0.05) is 12.1 Å². The first-order chi connectivity index (χ1) is 8.69. The number of benzene rings is 1. The highest BCUT2D eigenvalue weighted by atomic mass is 32.1. The summed E-state index contributed by atoms with van der Waals surface area (Å²) in [6, 6.07) is 13.0. The molecule has 4 heteroatoms. The Kier molecular flexibility index (Phi) is 3.75. The van der Waals surface area contributed by atoms with E-state index in [1.807, 2.05) is 31.2 Å². The molecule has 0 aliphatic heterocycles. The summed E-state index contributed by atoms with van der Waals surface area (Å²) in [6.07, 6.45) is 0. The molecule has 0 fully saturated rings. The Bertz CT molecular complexity index is 593. The van der Waals surface area contributed by atoms with Crippen molar-refractivity contribution in [1.29, 1.82) is 5.26 Å². The van der Waals surface area contributed by atoms with Crippen LogP contribution in [0.15, 0.2) is 36.4 Å². The fraction of sp³-hybridized carbons (Fsp3) is 0.143. The SMILES string of the molecule is Cc1ccc(C(=O)NCc2ccc(C#N)cc2)s1. The number of rotatable bonds is 3. The van der Waals surface area contributed by atoms with Gasteiger partial charge >= 0.3 is 0 Å². The van der Waals surface area contributed by atoms with Crippen LogP contribution in [-0.4, -0.2) is 5.91 Å². The van der Waals surface area contributed by atoms with Crippen LogP contribution in [0.3, 0.4) is 0 Å². The molecular weight excluding hydrogens is 244 g/mol. The largest absolute Gasteiger partial charge is 0.347 e. The number of hydrogen-bond acceptors (Lipinski definition) is 3. The minimum Gasteiger partial charge on any atom is -0.347 e. The molecule has 0 aliphatic carbocycles. The van der Waals surface area contributed by atoms with Gasteiger partial charge in [-0.25, -0.2) is 0 Å². The molecule has 1 aromatic heterocycles. The molecule has 0 bridgehead atoms. The van der Waals surface area contributed by atoms with E-state index in [9.17, 15) is 4.79 Å². The van der Waals surface area contributed by atoms with E-state index in [1.165, 1.54) is 11.3 Å². The van der Waals surface area contributed by atoms with E-state index in [0.29, 0.717) is 12.1 Å². The maximum Gasteiger partial charge on any atom is 0.261 e. The van der Waals surface area contributed by atoms with Gasteiger partial charge in [-0.05, 0) is 36.8 Å². The second kappa shape index (κ2) is 5.48. The van der Waals surface area contributed by atoms with Crippen molar-refractivity contribution in [1.82, 2.24) is 5.32 Å². The van der Waals surface area contributed by atoms with Gasteiger partial charge in [0.15, 0.2) is 0 Å². The van der Waals surface area contributed by atoms with Crippen LogP contribution in [0.1, 0.15) is 25.7 Å². The van der Waals surface area contributed by atoms with Gasteiger partial charge in [0.1, 0.15) is 0 Å². The molecule has 0 aliphatic rings. The van der Waals surface area contributed by atoms with Gasteiger partial charge in [0.25, 0.3) is 5.91 Å². The maximum absolute atomic E-state index is 11.8. The molecule has 2 aromatic rings. The summed E-state index contributed by atoms with van der Waals surface area (Å²) in [5.41, 5.74) is 1.61. The molecule has 1 amide bonds. The van der Waals surface area contributed by atoms with E-state index in [2.05, 4.69) is 11.4 Å². The molecule has 3 nitrogen and oxygen atoms in total. The van der Waals surface area contributed by atoms with E-state index in [1.54, 1.807) is 12.1 Å². The van der Waals surface area contributed by atoms with E-state index < -0.39 is 0 Å². The third-order valence-corrected chi connectivity index (χ3v) is 3.50. The fourth-order valence-electron chi connectivity index (χ4n) is 1.52. The molecule has 90 valence electrons. The summed E-state index contributed by atoms with van der Waals surface area (Å²) in [5.74, 6) is -0.0579. The summed E-state index contributed by atoms with van der Waals surface area (Å²) >= 11 is 1.48. The number of carbonyl (C=O) groups excluding carboxylic acids is 1. The van der Waals surface area contributed by atoms with Gasteiger partial charge in [0.2, 0.25) is 0 Å². The van der Waals surface area contributed by atoms with Crippen LogP contribution in [0.2, 0.25) is 0 Å². The molecule has 0 spiro atoms. The Hall–Kier alpha value is -2.12. The molecule has 1 aromatic carbocycles. The normalized spacial score (nSPS) is 9.78. The first kappa shape index (κ1) is 12.3. The van der Waals surface area contributed by atoms with Gasteiger partial charge in [0, 0.05) is 11.4 Å². The van der Waals surface area contributed by atoms with Crippen LogP contribution < -0.4 is 5.32 Å². The first-order valence-electron chi connectivity index (χ1n) is 5.53. The van der Waals surface area contributed by atoms with Gasteiger partial charge in [0.05, 0.1) is 16.5 Å². The Morgan fingerprint density at radius 1 is 1.28 bits per heavy atom. The Balaban J connectivity index is 1.95. The highest BCUT2D eigenvalue weighted by Gasteiger charge is 2.07. The van der Waals surface area contributed by atoms with Crippen molar-refractivity contribution >= 4 is 17.2 Å². The van der Waals surface area contributed by atoms with E-state index in [-0.39, 0.29) is 5.91 Å². The van der Waals surface area contributed by atoms with Gasteiger partial charge in [-0.3, -0.25) is 4.79 Å². The second-order valence-electron chi connectivity index (χ2n) is 3.90. The van der Waals surface area contributed by atoms with Gasteiger partial charge < -0.3 is 5.32 Å². The van der Waals surface area contributed by atoms with E-state index >= 15 is 0 Å². The zero-order valence-corrected chi connectivity index (χ0v) is 10.8. The Morgan fingerprint density at radius 3 is 2.56 bits per heavy atom. The molecule has 0 atom stereocenters. The van der Waals surface area contributed by atoms with Crippen molar-refractivity contribution in [3.63, 3.8) is 0 Å². The predicted octanol–water partition coefficient (Wildman–Crippen LogP) is 2.86. The number of amides is 1. The monoisotopic (exact) mass is 256 g/mol. The lowest BCUT2D eigenvalue weighted by Crippen LogP contribution is -2.21. The van der Waals surface area contributed by atoms with Crippen LogP contribution in [0.25, 0.3) is 0 Å². The zero-order chi connectivity index (χ0) is 13.0. The lowest BCUT2D eigenvalue weighted by molar-refractivity contribution is 0.0955. The Labute approximate surface area is 110 Å². The third-order valence-electron chi connectivity index (χ3n) is 2.50. The summed E-state index contributed by atoms with van der Waals surface area (Å²) in [5, 5.41) is 11.5. The first-order valence-corrected chi connectivity index (χ1v) is 6.34. The number of carbonyl (C=O) groups is 1. The van der Waals surface area contributed by atoms with Gasteiger partial charge in [-0.15, -0.1) is 11.3 Å². The van der Waals surface area contributed by atoms with Crippen LogP contribution in [0, 0.1) is 18.3 Å². The summed E-state index contributed by atoms with van der Waals surface area (Å²) < 4.78 is 0. The number of nitriles is 1. The Morgan fingerprint density at radius 2 is 2.00 bits per heavy atom. The molecule has 0 radical (unpaired) electrons. The molecule has 0 saturated heterocycles. The van der Waals surface area contributed by atoms with Crippen LogP contribution in [0.4, 0.5) is 0 Å². The van der Waals surface area contributed by atoms with Crippen molar-refractivity contribution in [2.75, 3.05) is 0 Å².